The van der Waals surface area contributed by atoms with Crippen LogP contribution in [0.15, 0.2) is 41.8 Å². The fourth-order valence-electron chi connectivity index (χ4n) is 2.53. The molecule has 0 spiro atoms. The van der Waals surface area contributed by atoms with E-state index < -0.39 is 5.60 Å². The van der Waals surface area contributed by atoms with Crippen molar-refractivity contribution in [2.45, 2.75) is 39.2 Å². The molecule has 2 amide bonds. The van der Waals surface area contributed by atoms with Crippen LogP contribution in [0.25, 0.3) is 0 Å². The highest BCUT2D eigenvalue weighted by atomic mass is 32.1. The lowest BCUT2D eigenvalue weighted by molar-refractivity contribution is -0.154. The van der Waals surface area contributed by atoms with Crippen LogP contribution in [0.5, 0.6) is 0 Å². The Hall–Kier alpha value is -2.67. The molecule has 28 heavy (non-hydrogen) atoms. The van der Waals surface area contributed by atoms with Crippen molar-refractivity contribution in [1.29, 1.82) is 0 Å². The highest BCUT2D eigenvalue weighted by Crippen LogP contribution is 2.19. The van der Waals surface area contributed by atoms with Gasteiger partial charge in [0, 0.05) is 20.0 Å². The van der Waals surface area contributed by atoms with Gasteiger partial charge < -0.3 is 15.0 Å². The minimum Gasteiger partial charge on any atom is -0.460 e. The second-order valence-electron chi connectivity index (χ2n) is 7.39. The summed E-state index contributed by atoms with van der Waals surface area (Å²) in [6, 6.07) is 10.4. The van der Waals surface area contributed by atoms with Crippen molar-refractivity contribution in [1.82, 2.24) is 4.90 Å². The lowest BCUT2D eigenvalue weighted by Gasteiger charge is -2.21. The van der Waals surface area contributed by atoms with E-state index in [2.05, 4.69) is 5.32 Å². The van der Waals surface area contributed by atoms with E-state index in [4.69, 9.17) is 4.74 Å². The Morgan fingerprint density at radius 2 is 1.82 bits per heavy atom. The molecule has 0 unspecified atom stereocenters. The molecule has 0 atom stereocenters. The van der Waals surface area contributed by atoms with Gasteiger partial charge in [0.1, 0.15) is 5.60 Å². The van der Waals surface area contributed by atoms with Crippen molar-refractivity contribution >= 4 is 34.8 Å². The number of thiophene rings is 1. The van der Waals surface area contributed by atoms with Crippen LogP contribution in [0.1, 0.15) is 53.6 Å². The number of nitrogens with one attached hydrogen (secondary N) is 1. The molecular formula is C21H26N2O4S. The number of hydrogen-bond acceptors (Lipinski definition) is 5. The Balaban J connectivity index is 1.96. The fourth-order valence-corrected chi connectivity index (χ4v) is 3.15. The number of carbonyl (C=O) groups excluding carboxylic acids is 3. The highest BCUT2D eigenvalue weighted by molar-refractivity contribution is 7.12. The smallest absolute Gasteiger partial charge is 0.306 e. The molecule has 0 radical (unpaired) electrons. The van der Waals surface area contributed by atoms with E-state index in [9.17, 15) is 14.4 Å². The molecule has 0 saturated carbocycles. The van der Waals surface area contributed by atoms with Gasteiger partial charge in [0.05, 0.1) is 16.1 Å². The van der Waals surface area contributed by atoms with Gasteiger partial charge >= 0.3 is 5.97 Å². The minimum absolute atomic E-state index is 0.216. The molecule has 150 valence electrons. The molecule has 1 heterocycles. The van der Waals surface area contributed by atoms with Gasteiger partial charge in [-0.05, 0) is 50.8 Å². The first-order valence-corrected chi connectivity index (χ1v) is 9.96. The average Bonchev–Trinajstić information content (AvgIpc) is 3.14. The third-order valence-electron chi connectivity index (χ3n) is 3.79. The van der Waals surface area contributed by atoms with Crippen molar-refractivity contribution < 1.29 is 19.1 Å². The number of anilines is 1. The summed E-state index contributed by atoms with van der Waals surface area (Å²) in [6.07, 6.45) is 0.743. The molecular weight excluding hydrogens is 376 g/mol. The number of benzene rings is 1. The zero-order chi connectivity index (χ0) is 20.7. The van der Waals surface area contributed by atoms with Crippen LogP contribution in [0, 0.1) is 0 Å². The highest BCUT2D eigenvalue weighted by Gasteiger charge is 2.19. The van der Waals surface area contributed by atoms with Crippen LogP contribution >= 0.6 is 11.3 Å². The lowest BCUT2D eigenvalue weighted by atomic mass is 10.1. The number of carbonyl (C=O) groups is 3. The summed E-state index contributed by atoms with van der Waals surface area (Å²) in [5, 5.41) is 4.62. The average molecular weight is 403 g/mol. The van der Waals surface area contributed by atoms with Crippen molar-refractivity contribution in [3.63, 3.8) is 0 Å². The third kappa shape index (κ3) is 6.49. The number of esters is 1. The normalized spacial score (nSPS) is 11.0. The van der Waals surface area contributed by atoms with Crippen molar-refractivity contribution in [2.75, 3.05) is 18.9 Å². The summed E-state index contributed by atoms with van der Waals surface area (Å²) in [6.45, 7) is 5.87. The molecule has 1 N–H and O–H groups in total. The van der Waals surface area contributed by atoms with Gasteiger partial charge in [-0.15, -0.1) is 11.3 Å². The second kappa shape index (κ2) is 9.50. The van der Waals surface area contributed by atoms with Crippen LogP contribution < -0.4 is 5.32 Å². The Labute approximate surface area is 169 Å². The van der Waals surface area contributed by atoms with Gasteiger partial charge in [0.25, 0.3) is 11.8 Å². The molecule has 0 bridgehead atoms. The zero-order valence-electron chi connectivity index (χ0n) is 16.7. The summed E-state index contributed by atoms with van der Waals surface area (Å²) in [7, 11) is 1.68. The van der Waals surface area contributed by atoms with Crippen LogP contribution in [0.4, 0.5) is 5.69 Å². The molecule has 1 aromatic heterocycles. The number of nitrogens with zero attached hydrogens (tertiary/aromatic N) is 1. The van der Waals surface area contributed by atoms with Crippen LogP contribution in [-0.4, -0.2) is 41.9 Å². The molecule has 2 aromatic rings. The number of ether oxygens (including phenoxy) is 1. The Morgan fingerprint density at radius 1 is 1.11 bits per heavy atom. The van der Waals surface area contributed by atoms with Gasteiger partial charge in [-0.1, -0.05) is 18.2 Å². The molecule has 1 aromatic carbocycles. The maximum absolute atomic E-state index is 12.8. The summed E-state index contributed by atoms with van der Waals surface area (Å²) >= 11 is 1.34. The fraction of sp³-hybridized carbons (Fsp3) is 0.381. The van der Waals surface area contributed by atoms with E-state index >= 15 is 0 Å². The first kappa shape index (κ1) is 21.6. The Bertz CT molecular complexity index is 825. The third-order valence-corrected chi connectivity index (χ3v) is 4.66. The van der Waals surface area contributed by atoms with Crippen molar-refractivity contribution in [3.8, 4) is 0 Å². The largest absolute Gasteiger partial charge is 0.460 e. The number of amides is 2. The summed E-state index contributed by atoms with van der Waals surface area (Å²) in [5.74, 6) is -0.744. The first-order chi connectivity index (χ1) is 13.2. The molecule has 0 aliphatic carbocycles. The topological polar surface area (TPSA) is 75.7 Å². The minimum atomic E-state index is -0.515. The van der Waals surface area contributed by atoms with Gasteiger partial charge in [-0.25, -0.2) is 0 Å². The lowest BCUT2D eigenvalue weighted by Crippen LogP contribution is -2.30. The monoisotopic (exact) mass is 402 g/mol. The molecule has 7 heteroatoms. The quantitative estimate of drug-likeness (QED) is 0.705. The Kier molecular flexibility index (Phi) is 7.34. The van der Waals surface area contributed by atoms with E-state index in [1.165, 1.54) is 11.3 Å². The molecule has 0 aliphatic heterocycles. The maximum atomic E-state index is 12.8. The maximum Gasteiger partial charge on any atom is 0.306 e. The number of para-hydroxylation sites is 1. The zero-order valence-corrected chi connectivity index (χ0v) is 17.5. The van der Waals surface area contributed by atoms with Crippen LogP contribution in [0.3, 0.4) is 0 Å². The van der Waals surface area contributed by atoms with Crippen LogP contribution in [-0.2, 0) is 9.53 Å². The van der Waals surface area contributed by atoms with Gasteiger partial charge in [0.15, 0.2) is 0 Å². The van der Waals surface area contributed by atoms with E-state index in [1.807, 2.05) is 26.2 Å². The SMILES string of the molecule is CN(CCCC(=O)OC(C)(C)C)C(=O)c1ccccc1NC(=O)c1cccs1. The first-order valence-electron chi connectivity index (χ1n) is 9.08. The summed E-state index contributed by atoms with van der Waals surface area (Å²) < 4.78 is 5.27. The van der Waals surface area contributed by atoms with Gasteiger partial charge in [-0.2, -0.15) is 0 Å². The summed E-state index contributed by atoms with van der Waals surface area (Å²) in [4.78, 5) is 39.0. The standard InChI is InChI=1S/C21H26N2O4S/c1-21(2,3)27-18(24)12-7-13-23(4)20(26)15-9-5-6-10-16(15)22-19(25)17-11-8-14-28-17/h5-6,8-11,14H,7,12-13H2,1-4H3,(H,22,25). The summed E-state index contributed by atoms with van der Waals surface area (Å²) in [5.41, 5.74) is 0.357. The van der Waals surface area contributed by atoms with Crippen molar-refractivity contribution in [3.05, 3.63) is 52.2 Å². The van der Waals surface area contributed by atoms with E-state index in [0.29, 0.717) is 29.1 Å². The van der Waals surface area contributed by atoms with E-state index in [0.717, 1.165) is 0 Å². The molecule has 2 rings (SSSR count). The van der Waals surface area contributed by atoms with E-state index in [1.54, 1.807) is 48.3 Å². The molecule has 0 saturated heterocycles. The van der Waals surface area contributed by atoms with E-state index in [-0.39, 0.29) is 24.2 Å². The second-order valence-corrected chi connectivity index (χ2v) is 8.34. The van der Waals surface area contributed by atoms with Gasteiger partial charge in [0.2, 0.25) is 0 Å². The molecule has 6 nitrogen and oxygen atoms in total. The van der Waals surface area contributed by atoms with Crippen LogP contribution in [0.2, 0.25) is 0 Å². The molecule has 0 fully saturated rings. The van der Waals surface area contributed by atoms with Gasteiger partial charge in [-0.3, -0.25) is 14.4 Å². The van der Waals surface area contributed by atoms with Crippen molar-refractivity contribution in [2.24, 2.45) is 0 Å². The predicted molar refractivity (Wildman–Crippen MR) is 111 cm³/mol. The number of rotatable bonds is 7. The Morgan fingerprint density at radius 3 is 2.46 bits per heavy atom. The number of hydrogen-bond donors (Lipinski definition) is 1. The predicted octanol–water partition coefficient (Wildman–Crippen LogP) is 4.19. The molecule has 0 aliphatic rings.